The molecule has 1 aromatic heterocycles. The van der Waals surface area contributed by atoms with Crippen LogP contribution in [-0.4, -0.2) is 115 Å². The van der Waals surface area contributed by atoms with Gasteiger partial charge in [-0.2, -0.15) is 0 Å². The van der Waals surface area contributed by atoms with E-state index < -0.39 is 50.8 Å². The lowest BCUT2D eigenvalue weighted by Gasteiger charge is -2.27. The van der Waals surface area contributed by atoms with E-state index in [1.54, 1.807) is 37.3 Å². The minimum absolute atomic E-state index is 0.0237. The first-order chi connectivity index (χ1) is 31.6. The van der Waals surface area contributed by atoms with E-state index in [4.69, 9.17) is 50.2 Å². The molecule has 18 nitrogen and oxygen atoms in total. The second kappa shape index (κ2) is 20.7. The lowest BCUT2D eigenvalue weighted by molar-refractivity contribution is -0.136. The summed E-state index contributed by atoms with van der Waals surface area (Å²) >= 11 is 6.63. The molecule has 7 rings (SSSR count). The Hall–Kier alpha value is -6.64. The molecular formula is C46H44ClN3O15S. The summed E-state index contributed by atoms with van der Waals surface area (Å²) in [4.78, 5) is 76.4. The van der Waals surface area contributed by atoms with Crippen molar-refractivity contribution in [3.63, 3.8) is 0 Å². The molecule has 66 heavy (non-hydrogen) atoms. The van der Waals surface area contributed by atoms with Crippen molar-refractivity contribution in [1.29, 1.82) is 0 Å². The highest BCUT2D eigenvalue weighted by Gasteiger charge is 2.46. The number of carbonyl (C=O) groups is 5. The van der Waals surface area contributed by atoms with Crippen LogP contribution < -0.4 is 30.7 Å². The van der Waals surface area contributed by atoms with E-state index in [9.17, 15) is 37.2 Å². The van der Waals surface area contributed by atoms with Gasteiger partial charge in [0.15, 0.2) is 15.3 Å². The van der Waals surface area contributed by atoms with Gasteiger partial charge in [0.25, 0.3) is 11.8 Å². The van der Waals surface area contributed by atoms with E-state index in [1.165, 1.54) is 42.5 Å². The number of hydrogen-bond acceptors (Lipinski definition) is 15. The van der Waals surface area contributed by atoms with Crippen molar-refractivity contribution >= 4 is 61.9 Å². The summed E-state index contributed by atoms with van der Waals surface area (Å²) in [6.45, 7) is 3.85. The number of rotatable bonds is 21. The molecule has 1 saturated heterocycles. The third-order valence-corrected chi connectivity index (χ3v) is 11.8. The van der Waals surface area contributed by atoms with Crippen molar-refractivity contribution in [2.24, 2.45) is 5.73 Å². The number of imide groups is 2. The molecule has 1 fully saturated rings. The number of halogens is 1. The molecule has 346 valence electrons. The second-order valence-corrected chi connectivity index (χ2v) is 17.4. The number of piperidine rings is 1. The molecule has 0 aliphatic carbocycles. The molecule has 0 spiro atoms. The molecule has 4 aromatic carbocycles. The van der Waals surface area contributed by atoms with E-state index >= 15 is 0 Å². The van der Waals surface area contributed by atoms with Crippen LogP contribution in [0.25, 0.3) is 33.4 Å². The summed E-state index contributed by atoms with van der Waals surface area (Å²) in [5.41, 5.74) is 6.53. The number of amides is 5. The number of carbonyl (C=O) groups excluding carboxylic acids is 5. The molecule has 20 heteroatoms. The van der Waals surface area contributed by atoms with E-state index in [-0.39, 0.29) is 114 Å². The zero-order valence-electron chi connectivity index (χ0n) is 35.7. The van der Waals surface area contributed by atoms with E-state index in [0.29, 0.717) is 35.7 Å². The summed E-state index contributed by atoms with van der Waals surface area (Å²) < 4.78 is 65.1. The fraction of sp³-hybridized carbons (Fsp3) is 0.304. The average molecular weight is 946 g/mol. The van der Waals surface area contributed by atoms with Gasteiger partial charge in [-0.3, -0.25) is 39.0 Å². The van der Waals surface area contributed by atoms with Crippen LogP contribution in [0.5, 0.6) is 17.2 Å². The summed E-state index contributed by atoms with van der Waals surface area (Å²) in [6, 6.07) is 16.8. The Morgan fingerprint density at radius 2 is 1.48 bits per heavy atom. The number of primary amides is 1. The molecule has 5 amide bonds. The van der Waals surface area contributed by atoms with Crippen LogP contribution in [0, 0.1) is 0 Å². The summed E-state index contributed by atoms with van der Waals surface area (Å²) in [5, 5.41) is 2.60. The van der Waals surface area contributed by atoms with Crippen LogP contribution in [0.4, 0.5) is 0 Å². The second-order valence-electron chi connectivity index (χ2n) is 14.9. The number of ether oxygens (including phenoxy) is 6. The van der Waals surface area contributed by atoms with Crippen molar-refractivity contribution in [3.05, 3.63) is 105 Å². The van der Waals surface area contributed by atoms with Gasteiger partial charge in [0.2, 0.25) is 17.7 Å². The highest BCUT2D eigenvalue weighted by atomic mass is 35.5. The highest BCUT2D eigenvalue weighted by Crippen LogP contribution is 2.38. The standard InChI is InChI=1S/C46H44ClN3O15S/c1-3-62-38-25-40-33(23-32(38)26-19-27(43(48)53)21-29(20-26)66(2,57)58)36(51)24-39(65-40)30-8-7-28(22-34(30)47)63-17-15-60-13-11-59-12-14-61-16-18-64-37-6-4-5-31-42(37)46(56)50(45(31)55)35-9-10-41(52)49-44(35)54/h4-8,19-25,35H,3,9-18H2,1-2H3,(H2,48,53)(H,49,52,54). The number of nitrogens with two attached hydrogens (primary N) is 1. The molecular weight excluding hydrogens is 902 g/mol. The quantitative estimate of drug-likeness (QED) is 0.0755. The predicted octanol–water partition coefficient (Wildman–Crippen LogP) is 4.59. The maximum atomic E-state index is 13.5. The van der Waals surface area contributed by atoms with Crippen molar-refractivity contribution in [2.75, 3.05) is 65.7 Å². The molecule has 3 N–H and O–H groups in total. The van der Waals surface area contributed by atoms with Gasteiger partial charge in [-0.15, -0.1) is 0 Å². The minimum Gasteiger partial charge on any atom is -0.493 e. The van der Waals surface area contributed by atoms with Crippen LogP contribution in [0.15, 0.2) is 86.9 Å². The van der Waals surface area contributed by atoms with E-state index in [1.807, 2.05) is 0 Å². The number of sulfone groups is 1. The van der Waals surface area contributed by atoms with Crippen LogP contribution in [0.1, 0.15) is 50.8 Å². The van der Waals surface area contributed by atoms with Gasteiger partial charge in [0.05, 0.1) is 72.7 Å². The number of hydrogen-bond donors (Lipinski definition) is 2. The Morgan fingerprint density at radius 1 is 0.788 bits per heavy atom. The number of nitrogens with zero attached hydrogens (tertiary/aromatic N) is 1. The largest absolute Gasteiger partial charge is 0.493 e. The lowest BCUT2D eigenvalue weighted by atomic mass is 9.99. The first-order valence-corrected chi connectivity index (χ1v) is 22.9. The fourth-order valence-corrected chi connectivity index (χ4v) is 8.23. The third kappa shape index (κ3) is 10.7. The van der Waals surface area contributed by atoms with Gasteiger partial charge in [-0.05, 0) is 73.5 Å². The van der Waals surface area contributed by atoms with Crippen molar-refractivity contribution in [2.45, 2.75) is 30.7 Å². The van der Waals surface area contributed by atoms with Gasteiger partial charge in [0, 0.05) is 41.5 Å². The monoisotopic (exact) mass is 945 g/mol. The Balaban J connectivity index is 0.834. The fourth-order valence-electron chi connectivity index (χ4n) is 7.29. The smallest absolute Gasteiger partial charge is 0.266 e. The van der Waals surface area contributed by atoms with Crippen LogP contribution in [-0.2, 0) is 33.6 Å². The molecule has 3 heterocycles. The van der Waals surface area contributed by atoms with Gasteiger partial charge in [-0.1, -0.05) is 17.7 Å². The number of benzene rings is 4. The summed E-state index contributed by atoms with van der Waals surface area (Å²) in [7, 11) is -3.73. The highest BCUT2D eigenvalue weighted by molar-refractivity contribution is 7.90. The molecule has 0 bridgehead atoms. The molecule has 2 aliphatic rings. The third-order valence-electron chi connectivity index (χ3n) is 10.4. The zero-order chi connectivity index (χ0) is 47.1. The molecule has 2 aliphatic heterocycles. The summed E-state index contributed by atoms with van der Waals surface area (Å²) in [6.07, 6.45) is 1.09. The zero-order valence-corrected chi connectivity index (χ0v) is 37.3. The maximum Gasteiger partial charge on any atom is 0.266 e. The Kier molecular flexibility index (Phi) is 14.8. The Labute approximate surface area is 382 Å². The normalized spacial score (nSPS) is 15.0. The van der Waals surface area contributed by atoms with Crippen molar-refractivity contribution in [1.82, 2.24) is 10.2 Å². The van der Waals surface area contributed by atoms with Gasteiger partial charge in [-0.25, -0.2) is 8.42 Å². The molecule has 5 aromatic rings. The SMILES string of the molecule is CCOc1cc2oc(-c3ccc(OCCOCCOCCOCCOc4cccc5c4C(=O)N(C4CCC(=O)NC4=O)C5=O)cc3Cl)cc(=O)c2cc1-c1cc(C(N)=O)cc(S(C)(=O)=O)c1. The van der Waals surface area contributed by atoms with E-state index in [0.717, 1.165) is 11.2 Å². The maximum absolute atomic E-state index is 13.5. The van der Waals surface area contributed by atoms with Crippen LogP contribution in [0.2, 0.25) is 5.02 Å². The topological polar surface area (TPSA) is 246 Å². The summed E-state index contributed by atoms with van der Waals surface area (Å²) in [5.74, 6) is -2.13. The van der Waals surface area contributed by atoms with Gasteiger partial charge < -0.3 is 38.6 Å². The Bertz CT molecular complexity index is 2900. The first-order valence-electron chi connectivity index (χ1n) is 20.7. The number of fused-ring (bicyclic) bond motifs is 2. The Morgan fingerprint density at radius 3 is 2.14 bits per heavy atom. The van der Waals surface area contributed by atoms with Gasteiger partial charge >= 0.3 is 0 Å². The van der Waals surface area contributed by atoms with Crippen LogP contribution >= 0.6 is 11.6 Å². The predicted molar refractivity (Wildman–Crippen MR) is 238 cm³/mol. The average Bonchev–Trinajstić information content (AvgIpc) is 3.53. The van der Waals surface area contributed by atoms with Crippen molar-refractivity contribution < 1.29 is 65.2 Å². The van der Waals surface area contributed by atoms with E-state index in [2.05, 4.69) is 5.32 Å². The van der Waals surface area contributed by atoms with Gasteiger partial charge in [0.1, 0.15) is 47.8 Å². The van der Waals surface area contributed by atoms with Crippen LogP contribution in [0.3, 0.4) is 0 Å². The molecule has 0 radical (unpaired) electrons. The minimum atomic E-state index is -3.73. The number of nitrogens with one attached hydrogen (secondary N) is 1. The molecule has 1 unspecified atom stereocenters. The first kappa shape index (κ1) is 47.3. The molecule has 1 atom stereocenters. The lowest BCUT2D eigenvalue weighted by Crippen LogP contribution is -2.54. The van der Waals surface area contributed by atoms with Crippen molar-refractivity contribution in [3.8, 4) is 39.7 Å². The molecule has 0 saturated carbocycles.